The highest BCUT2D eigenvalue weighted by Crippen LogP contribution is 2.39. The van der Waals surface area contributed by atoms with Gasteiger partial charge >= 0.3 is 8.60 Å². The molecule has 1 atom stereocenters. The number of hydrogen-bond donors (Lipinski definition) is 1. The van der Waals surface area contributed by atoms with Gasteiger partial charge in [-0.15, -0.1) is 0 Å². The molecule has 0 bridgehead atoms. The number of nitrogens with one attached hydrogen (secondary N) is 1. The van der Waals surface area contributed by atoms with Gasteiger partial charge in [0.25, 0.3) is 0 Å². The summed E-state index contributed by atoms with van der Waals surface area (Å²) in [5.41, 5.74) is 0. The van der Waals surface area contributed by atoms with Crippen LogP contribution >= 0.6 is 8.60 Å². The van der Waals surface area contributed by atoms with Gasteiger partial charge in [0, 0.05) is 7.11 Å². The van der Waals surface area contributed by atoms with Gasteiger partial charge in [0.1, 0.15) is 0 Å². The van der Waals surface area contributed by atoms with Crippen molar-refractivity contribution >= 4 is 8.60 Å². The average Bonchev–Trinajstić information content (AvgIpc) is 2.25. The molecule has 5 heteroatoms. The standard InChI is InChI=1S/C9H20NO3P/c1-3-12-14(11-2)13-8-9-4-6-10-7-5-9/h9-10H,3-8H2,1-2H3. The van der Waals surface area contributed by atoms with E-state index in [1.54, 1.807) is 7.11 Å². The minimum Gasteiger partial charge on any atom is -0.317 e. The van der Waals surface area contributed by atoms with Gasteiger partial charge in [0.05, 0.1) is 13.2 Å². The summed E-state index contributed by atoms with van der Waals surface area (Å²) < 4.78 is 15.9. The maximum atomic E-state index is 5.56. The molecule has 1 heterocycles. The van der Waals surface area contributed by atoms with E-state index in [2.05, 4.69) is 5.32 Å². The zero-order valence-corrected chi connectivity index (χ0v) is 9.89. The van der Waals surface area contributed by atoms with Crippen molar-refractivity contribution in [2.45, 2.75) is 19.8 Å². The van der Waals surface area contributed by atoms with Crippen molar-refractivity contribution < 1.29 is 13.6 Å². The molecule has 0 saturated carbocycles. The van der Waals surface area contributed by atoms with Gasteiger partial charge in [0.15, 0.2) is 0 Å². The van der Waals surface area contributed by atoms with E-state index in [9.17, 15) is 0 Å². The molecule has 0 aromatic rings. The lowest BCUT2D eigenvalue weighted by Gasteiger charge is -2.23. The van der Waals surface area contributed by atoms with E-state index in [1.165, 1.54) is 12.8 Å². The third-order valence-electron chi connectivity index (χ3n) is 2.26. The van der Waals surface area contributed by atoms with Crippen molar-refractivity contribution in [3.05, 3.63) is 0 Å². The fourth-order valence-corrected chi connectivity index (χ4v) is 2.29. The summed E-state index contributed by atoms with van der Waals surface area (Å²) in [5.74, 6) is 0.664. The second-order valence-electron chi connectivity index (χ2n) is 3.31. The quantitative estimate of drug-likeness (QED) is 0.695. The minimum atomic E-state index is -1.10. The van der Waals surface area contributed by atoms with Gasteiger partial charge in [-0.25, -0.2) is 0 Å². The van der Waals surface area contributed by atoms with Crippen molar-refractivity contribution in [1.82, 2.24) is 5.32 Å². The molecule has 1 N–H and O–H groups in total. The van der Waals surface area contributed by atoms with Gasteiger partial charge in [0.2, 0.25) is 0 Å². The Morgan fingerprint density at radius 1 is 1.29 bits per heavy atom. The summed E-state index contributed by atoms with van der Waals surface area (Å²) in [6.07, 6.45) is 2.39. The molecule has 1 aliphatic heterocycles. The van der Waals surface area contributed by atoms with E-state index in [-0.39, 0.29) is 0 Å². The van der Waals surface area contributed by atoms with Crippen LogP contribution in [-0.2, 0) is 13.6 Å². The highest BCUT2D eigenvalue weighted by molar-refractivity contribution is 7.41. The van der Waals surface area contributed by atoms with Crippen LogP contribution in [0.25, 0.3) is 0 Å². The molecule has 0 amide bonds. The smallest absolute Gasteiger partial charge is 0.317 e. The first-order valence-electron chi connectivity index (χ1n) is 5.17. The number of rotatable bonds is 6. The van der Waals surface area contributed by atoms with Crippen LogP contribution in [0.1, 0.15) is 19.8 Å². The Bertz CT molecular complexity index is 137. The van der Waals surface area contributed by atoms with Gasteiger partial charge in [-0.3, -0.25) is 0 Å². The Morgan fingerprint density at radius 3 is 2.57 bits per heavy atom. The fraction of sp³-hybridized carbons (Fsp3) is 1.00. The number of piperidine rings is 1. The minimum absolute atomic E-state index is 0.645. The summed E-state index contributed by atoms with van der Waals surface area (Å²) in [4.78, 5) is 0. The summed E-state index contributed by atoms with van der Waals surface area (Å²) >= 11 is 0. The van der Waals surface area contributed by atoms with Crippen LogP contribution in [0.15, 0.2) is 0 Å². The van der Waals surface area contributed by atoms with E-state index < -0.39 is 8.60 Å². The molecule has 14 heavy (non-hydrogen) atoms. The maximum Gasteiger partial charge on any atom is 0.332 e. The lowest BCUT2D eigenvalue weighted by Crippen LogP contribution is -2.29. The van der Waals surface area contributed by atoms with Gasteiger partial charge in [-0.05, 0) is 38.8 Å². The summed E-state index contributed by atoms with van der Waals surface area (Å²) in [5, 5.41) is 3.33. The van der Waals surface area contributed by atoms with Crippen molar-refractivity contribution in [2.75, 3.05) is 33.4 Å². The Hall–Kier alpha value is 0.270. The third kappa shape index (κ3) is 4.67. The van der Waals surface area contributed by atoms with Gasteiger partial charge < -0.3 is 18.9 Å². The Balaban J connectivity index is 2.10. The van der Waals surface area contributed by atoms with E-state index in [0.717, 1.165) is 19.7 Å². The molecular formula is C9H20NO3P. The SMILES string of the molecule is CCOP(OC)OCC1CCNCC1. The molecule has 84 valence electrons. The average molecular weight is 221 g/mol. The monoisotopic (exact) mass is 221 g/mol. The van der Waals surface area contributed by atoms with Crippen LogP contribution in [0, 0.1) is 5.92 Å². The third-order valence-corrected chi connectivity index (χ3v) is 3.39. The summed E-state index contributed by atoms with van der Waals surface area (Å²) in [6, 6.07) is 0. The normalized spacial score (nSPS) is 21.0. The fourth-order valence-electron chi connectivity index (χ4n) is 1.46. The molecule has 1 saturated heterocycles. The van der Waals surface area contributed by atoms with Crippen LogP contribution in [-0.4, -0.2) is 33.4 Å². The summed E-state index contributed by atoms with van der Waals surface area (Å²) in [7, 11) is 0.525. The second kappa shape index (κ2) is 7.55. The zero-order valence-electron chi connectivity index (χ0n) is 8.99. The molecule has 1 rings (SSSR count). The predicted octanol–water partition coefficient (Wildman–Crippen LogP) is 1.91. The lowest BCUT2D eigenvalue weighted by molar-refractivity contribution is 0.152. The Labute approximate surface area is 87.3 Å². The van der Waals surface area contributed by atoms with Crippen molar-refractivity contribution in [2.24, 2.45) is 5.92 Å². The van der Waals surface area contributed by atoms with E-state index >= 15 is 0 Å². The molecule has 0 aromatic heterocycles. The van der Waals surface area contributed by atoms with Gasteiger partial charge in [-0.2, -0.15) is 0 Å². The molecular weight excluding hydrogens is 201 g/mol. The highest BCUT2D eigenvalue weighted by atomic mass is 31.2. The van der Waals surface area contributed by atoms with Crippen molar-refractivity contribution in [1.29, 1.82) is 0 Å². The van der Waals surface area contributed by atoms with Crippen molar-refractivity contribution in [3.8, 4) is 0 Å². The van der Waals surface area contributed by atoms with Crippen LogP contribution in [0.4, 0.5) is 0 Å². The zero-order chi connectivity index (χ0) is 10.2. The molecule has 1 unspecified atom stereocenters. The van der Waals surface area contributed by atoms with E-state index in [0.29, 0.717) is 12.5 Å². The van der Waals surface area contributed by atoms with Crippen LogP contribution < -0.4 is 5.32 Å². The Morgan fingerprint density at radius 2 is 2.00 bits per heavy atom. The van der Waals surface area contributed by atoms with E-state index in [1.807, 2.05) is 6.92 Å². The topological polar surface area (TPSA) is 39.7 Å². The maximum absolute atomic E-state index is 5.56. The largest absolute Gasteiger partial charge is 0.332 e. The van der Waals surface area contributed by atoms with Crippen LogP contribution in [0.5, 0.6) is 0 Å². The molecule has 0 aliphatic carbocycles. The first-order chi connectivity index (χ1) is 6.86. The molecule has 0 radical (unpaired) electrons. The Kier molecular flexibility index (Phi) is 6.65. The van der Waals surface area contributed by atoms with Crippen LogP contribution in [0.2, 0.25) is 0 Å². The van der Waals surface area contributed by atoms with Crippen LogP contribution in [0.3, 0.4) is 0 Å². The second-order valence-corrected chi connectivity index (χ2v) is 4.64. The first-order valence-corrected chi connectivity index (χ1v) is 6.27. The predicted molar refractivity (Wildman–Crippen MR) is 57.1 cm³/mol. The molecule has 1 aliphatic rings. The molecule has 0 aromatic carbocycles. The first kappa shape index (κ1) is 12.3. The van der Waals surface area contributed by atoms with Gasteiger partial charge in [-0.1, -0.05) is 0 Å². The van der Waals surface area contributed by atoms with Crippen molar-refractivity contribution in [3.63, 3.8) is 0 Å². The molecule has 0 spiro atoms. The lowest BCUT2D eigenvalue weighted by atomic mass is 10.00. The number of hydrogen-bond acceptors (Lipinski definition) is 4. The van der Waals surface area contributed by atoms with E-state index in [4.69, 9.17) is 13.6 Å². The highest BCUT2D eigenvalue weighted by Gasteiger charge is 2.16. The summed E-state index contributed by atoms with van der Waals surface area (Å²) in [6.45, 7) is 5.57. The molecule has 1 fully saturated rings. The molecule has 4 nitrogen and oxygen atoms in total.